The lowest BCUT2D eigenvalue weighted by atomic mass is 9.75. The second kappa shape index (κ2) is 3.52. The number of rotatable bonds is 3. The predicted molar refractivity (Wildman–Crippen MR) is 59.2 cm³/mol. The van der Waals surface area contributed by atoms with Crippen LogP contribution in [0.3, 0.4) is 0 Å². The highest BCUT2D eigenvalue weighted by Crippen LogP contribution is 2.47. The lowest BCUT2D eigenvalue weighted by Crippen LogP contribution is -2.50. The summed E-state index contributed by atoms with van der Waals surface area (Å²) in [5.74, 6) is 3.14. The smallest absolute Gasteiger partial charge is 0.0101 e. The summed E-state index contributed by atoms with van der Waals surface area (Å²) < 4.78 is 0. The molecule has 14 heavy (non-hydrogen) atoms. The van der Waals surface area contributed by atoms with Crippen LogP contribution in [-0.2, 0) is 0 Å². The van der Waals surface area contributed by atoms with Gasteiger partial charge in [0.25, 0.3) is 0 Å². The molecule has 0 aliphatic heterocycles. The van der Waals surface area contributed by atoms with Crippen molar-refractivity contribution >= 4 is 0 Å². The highest BCUT2D eigenvalue weighted by Gasteiger charge is 2.43. The van der Waals surface area contributed by atoms with Gasteiger partial charge in [-0.3, -0.25) is 0 Å². The first kappa shape index (κ1) is 9.21. The molecule has 0 aromatic carbocycles. The van der Waals surface area contributed by atoms with Crippen LogP contribution in [0.2, 0.25) is 0 Å². The van der Waals surface area contributed by atoms with Gasteiger partial charge in [0.2, 0.25) is 0 Å². The molecule has 4 atom stereocenters. The fourth-order valence-corrected chi connectivity index (χ4v) is 3.49. The minimum atomic E-state index is 0.863. The largest absolute Gasteiger partial charge is 0.311 e. The molecule has 0 amide bonds. The van der Waals surface area contributed by atoms with E-state index in [4.69, 9.17) is 0 Å². The Labute approximate surface area is 87.7 Å². The van der Waals surface area contributed by atoms with Gasteiger partial charge in [0.15, 0.2) is 0 Å². The van der Waals surface area contributed by atoms with Gasteiger partial charge >= 0.3 is 0 Å². The van der Waals surface area contributed by atoms with Crippen LogP contribution < -0.4 is 5.32 Å². The Morgan fingerprint density at radius 2 is 1.71 bits per heavy atom. The fraction of sp³-hybridized carbons (Fsp3) is 1.00. The van der Waals surface area contributed by atoms with Crippen LogP contribution in [-0.4, -0.2) is 12.1 Å². The Balaban J connectivity index is 1.51. The molecule has 3 aliphatic carbocycles. The van der Waals surface area contributed by atoms with E-state index in [0.29, 0.717) is 0 Å². The first-order valence-electron chi connectivity index (χ1n) is 6.60. The highest BCUT2D eigenvalue weighted by atomic mass is 15.0. The zero-order valence-electron chi connectivity index (χ0n) is 9.34. The molecule has 3 aliphatic rings. The van der Waals surface area contributed by atoms with E-state index in [2.05, 4.69) is 12.2 Å². The fourth-order valence-electron chi connectivity index (χ4n) is 3.49. The molecule has 0 bridgehead atoms. The van der Waals surface area contributed by atoms with Gasteiger partial charge in [0, 0.05) is 12.1 Å². The molecule has 80 valence electrons. The third-order valence-electron chi connectivity index (χ3n) is 4.84. The number of nitrogens with one attached hydrogen (secondary N) is 1. The summed E-state index contributed by atoms with van der Waals surface area (Å²) in [5.41, 5.74) is 0. The molecule has 0 saturated heterocycles. The van der Waals surface area contributed by atoms with Gasteiger partial charge in [0.05, 0.1) is 0 Å². The average Bonchev–Trinajstić information content (AvgIpc) is 2.85. The van der Waals surface area contributed by atoms with Crippen LogP contribution in [0.1, 0.15) is 51.9 Å². The van der Waals surface area contributed by atoms with Crippen LogP contribution >= 0.6 is 0 Å². The zero-order chi connectivity index (χ0) is 9.54. The van der Waals surface area contributed by atoms with Crippen LogP contribution in [0.25, 0.3) is 0 Å². The van der Waals surface area contributed by atoms with Crippen LogP contribution in [0.5, 0.6) is 0 Å². The molecule has 0 heterocycles. The van der Waals surface area contributed by atoms with Gasteiger partial charge in [-0.1, -0.05) is 13.3 Å². The summed E-state index contributed by atoms with van der Waals surface area (Å²) in [7, 11) is 0. The van der Waals surface area contributed by atoms with Crippen molar-refractivity contribution in [2.45, 2.75) is 64.0 Å². The van der Waals surface area contributed by atoms with E-state index in [1.807, 2.05) is 0 Å². The molecule has 3 fully saturated rings. The molecule has 1 nitrogen and oxygen atoms in total. The summed E-state index contributed by atoms with van der Waals surface area (Å²) >= 11 is 0. The van der Waals surface area contributed by atoms with Crippen molar-refractivity contribution < 1.29 is 0 Å². The Bertz CT molecular complexity index is 209. The highest BCUT2D eigenvalue weighted by molar-refractivity contribution is 4.98. The van der Waals surface area contributed by atoms with Crippen molar-refractivity contribution in [3.05, 3.63) is 0 Å². The standard InChI is InChI=1S/C13H23N/c1-9-3-2-4-12(9)14-13-8-7-11(13)10-5-6-10/h9-14H,2-8H2,1H3. The molecule has 0 aromatic heterocycles. The predicted octanol–water partition coefficient (Wildman–Crippen LogP) is 2.95. The number of hydrogen-bond acceptors (Lipinski definition) is 1. The zero-order valence-corrected chi connectivity index (χ0v) is 9.34. The van der Waals surface area contributed by atoms with Gasteiger partial charge in [-0.25, -0.2) is 0 Å². The third-order valence-corrected chi connectivity index (χ3v) is 4.84. The maximum absolute atomic E-state index is 3.94. The second-order valence-electron chi connectivity index (χ2n) is 5.87. The topological polar surface area (TPSA) is 12.0 Å². The lowest BCUT2D eigenvalue weighted by molar-refractivity contribution is 0.160. The summed E-state index contributed by atoms with van der Waals surface area (Å²) in [6.45, 7) is 2.43. The van der Waals surface area contributed by atoms with Crippen molar-refractivity contribution in [2.24, 2.45) is 17.8 Å². The summed E-state index contributed by atoms with van der Waals surface area (Å²) in [6.07, 6.45) is 10.4. The third kappa shape index (κ3) is 1.60. The molecule has 4 unspecified atom stereocenters. The average molecular weight is 193 g/mol. The van der Waals surface area contributed by atoms with Gasteiger partial charge in [0.1, 0.15) is 0 Å². The summed E-state index contributed by atoms with van der Waals surface area (Å²) in [4.78, 5) is 0. The summed E-state index contributed by atoms with van der Waals surface area (Å²) in [5, 5.41) is 3.94. The summed E-state index contributed by atoms with van der Waals surface area (Å²) in [6, 6.07) is 1.77. The van der Waals surface area contributed by atoms with Gasteiger partial charge in [-0.15, -0.1) is 0 Å². The minimum Gasteiger partial charge on any atom is -0.311 e. The van der Waals surface area contributed by atoms with E-state index in [1.54, 1.807) is 0 Å². The van der Waals surface area contributed by atoms with Crippen LogP contribution in [0.15, 0.2) is 0 Å². The lowest BCUT2D eigenvalue weighted by Gasteiger charge is -2.40. The van der Waals surface area contributed by atoms with Gasteiger partial charge in [-0.2, -0.15) is 0 Å². The number of hydrogen-bond donors (Lipinski definition) is 1. The molecular formula is C13H23N. The Morgan fingerprint density at radius 3 is 2.21 bits per heavy atom. The van der Waals surface area contributed by atoms with E-state index >= 15 is 0 Å². The van der Waals surface area contributed by atoms with E-state index in [1.165, 1.54) is 44.9 Å². The van der Waals surface area contributed by atoms with Crippen molar-refractivity contribution in [1.29, 1.82) is 0 Å². The van der Waals surface area contributed by atoms with Gasteiger partial charge in [-0.05, 0) is 56.3 Å². The SMILES string of the molecule is CC1CCCC1NC1CCC1C1CC1. The molecule has 3 saturated carbocycles. The van der Waals surface area contributed by atoms with Crippen LogP contribution in [0.4, 0.5) is 0 Å². The van der Waals surface area contributed by atoms with Crippen molar-refractivity contribution in [3.8, 4) is 0 Å². The monoisotopic (exact) mass is 193 g/mol. The van der Waals surface area contributed by atoms with Crippen molar-refractivity contribution in [2.75, 3.05) is 0 Å². The Morgan fingerprint density at radius 1 is 0.857 bits per heavy atom. The minimum absolute atomic E-state index is 0.863. The molecular weight excluding hydrogens is 170 g/mol. The Hall–Kier alpha value is -0.0400. The quantitative estimate of drug-likeness (QED) is 0.726. The van der Waals surface area contributed by atoms with E-state index in [0.717, 1.165) is 29.8 Å². The maximum atomic E-state index is 3.94. The van der Waals surface area contributed by atoms with Crippen LogP contribution in [0, 0.1) is 17.8 Å². The van der Waals surface area contributed by atoms with Crippen molar-refractivity contribution in [3.63, 3.8) is 0 Å². The van der Waals surface area contributed by atoms with Crippen molar-refractivity contribution in [1.82, 2.24) is 5.32 Å². The molecule has 1 heteroatoms. The molecule has 0 aromatic rings. The molecule has 0 radical (unpaired) electrons. The second-order valence-corrected chi connectivity index (χ2v) is 5.87. The first-order valence-corrected chi connectivity index (χ1v) is 6.60. The first-order chi connectivity index (χ1) is 6.84. The molecule has 1 N–H and O–H groups in total. The molecule has 3 rings (SSSR count). The van der Waals surface area contributed by atoms with E-state index in [9.17, 15) is 0 Å². The normalized spacial score (nSPS) is 47.8. The Kier molecular flexibility index (Phi) is 2.31. The van der Waals surface area contributed by atoms with E-state index < -0.39 is 0 Å². The van der Waals surface area contributed by atoms with Gasteiger partial charge < -0.3 is 5.32 Å². The maximum Gasteiger partial charge on any atom is 0.0101 e. The molecule has 0 spiro atoms. The van der Waals surface area contributed by atoms with E-state index in [-0.39, 0.29) is 0 Å².